The lowest BCUT2D eigenvalue weighted by Gasteiger charge is -2.21. The highest BCUT2D eigenvalue weighted by Crippen LogP contribution is 2.16. The zero-order chi connectivity index (χ0) is 22.5. The number of amides is 1. The van der Waals surface area contributed by atoms with Gasteiger partial charge in [0, 0.05) is 24.2 Å². The van der Waals surface area contributed by atoms with Gasteiger partial charge < -0.3 is 14.4 Å². The lowest BCUT2D eigenvalue weighted by Crippen LogP contribution is -2.35. The Balaban J connectivity index is 1.81. The Kier molecular flexibility index (Phi) is 9.76. The Morgan fingerprint density at radius 1 is 1.00 bits per heavy atom. The number of carbonyl (C=O) groups is 3. The van der Waals surface area contributed by atoms with Crippen molar-refractivity contribution in [2.24, 2.45) is 0 Å². The van der Waals surface area contributed by atoms with Crippen LogP contribution >= 0.6 is 0 Å². The van der Waals surface area contributed by atoms with Crippen molar-refractivity contribution in [2.45, 2.75) is 32.6 Å². The molecule has 0 radical (unpaired) electrons. The second-order valence-electron chi connectivity index (χ2n) is 6.75. The standard InChI is InChI=1S/C24H26N2O5/c1-2-17-30-21-11-9-19(10-12-21)22(27)13-14-24(29)31-18-23(28)26(16-6-15-25)20-7-4-3-5-8-20/h3-5,7-12H,2,6,13-14,16-18H2,1H3. The van der Waals surface area contributed by atoms with Crippen molar-refractivity contribution in [1.29, 1.82) is 5.26 Å². The number of rotatable bonds is 12. The average Bonchev–Trinajstić information content (AvgIpc) is 2.81. The number of ether oxygens (including phenoxy) is 2. The molecule has 0 aromatic heterocycles. The van der Waals surface area contributed by atoms with Crippen LogP contribution in [-0.4, -0.2) is 37.4 Å². The first-order valence-electron chi connectivity index (χ1n) is 10.2. The smallest absolute Gasteiger partial charge is 0.306 e. The van der Waals surface area contributed by atoms with Gasteiger partial charge in [-0.3, -0.25) is 14.4 Å². The SMILES string of the molecule is CCCOc1ccc(C(=O)CCC(=O)OCC(=O)N(CCC#N)c2ccccc2)cc1. The first kappa shape index (κ1) is 23.6. The van der Waals surface area contributed by atoms with Crippen LogP contribution in [0, 0.1) is 11.3 Å². The van der Waals surface area contributed by atoms with Crippen molar-refractivity contribution >= 4 is 23.3 Å². The highest BCUT2D eigenvalue weighted by Gasteiger charge is 2.18. The van der Waals surface area contributed by atoms with E-state index in [1.54, 1.807) is 48.5 Å². The van der Waals surface area contributed by atoms with Crippen LogP contribution in [0.1, 0.15) is 43.0 Å². The van der Waals surface area contributed by atoms with E-state index < -0.39 is 18.5 Å². The minimum absolute atomic E-state index is 0.0149. The van der Waals surface area contributed by atoms with Crippen LogP contribution in [0.4, 0.5) is 5.69 Å². The highest BCUT2D eigenvalue weighted by atomic mass is 16.5. The van der Waals surface area contributed by atoms with Crippen molar-refractivity contribution in [1.82, 2.24) is 0 Å². The number of Topliss-reactive ketones (excluding diaryl/α,β-unsaturated/α-hetero) is 1. The summed E-state index contributed by atoms with van der Waals surface area (Å²) in [5.41, 5.74) is 1.11. The predicted molar refractivity (Wildman–Crippen MR) is 116 cm³/mol. The van der Waals surface area contributed by atoms with Gasteiger partial charge in [0.05, 0.1) is 25.5 Å². The zero-order valence-corrected chi connectivity index (χ0v) is 17.6. The maximum Gasteiger partial charge on any atom is 0.306 e. The zero-order valence-electron chi connectivity index (χ0n) is 17.6. The van der Waals surface area contributed by atoms with E-state index in [1.807, 2.05) is 19.1 Å². The van der Waals surface area contributed by atoms with Gasteiger partial charge in [0.25, 0.3) is 5.91 Å². The van der Waals surface area contributed by atoms with Gasteiger partial charge in [-0.2, -0.15) is 5.26 Å². The van der Waals surface area contributed by atoms with Gasteiger partial charge in [-0.15, -0.1) is 0 Å². The van der Waals surface area contributed by atoms with E-state index in [1.165, 1.54) is 4.90 Å². The van der Waals surface area contributed by atoms with Crippen LogP contribution in [0.15, 0.2) is 54.6 Å². The van der Waals surface area contributed by atoms with E-state index in [0.29, 0.717) is 23.6 Å². The molecule has 0 spiro atoms. The lowest BCUT2D eigenvalue weighted by molar-refractivity contribution is -0.147. The number of esters is 1. The number of benzene rings is 2. The highest BCUT2D eigenvalue weighted by molar-refractivity contribution is 5.98. The predicted octanol–water partition coefficient (Wildman–Crippen LogP) is 3.93. The average molecular weight is 422 g/mol. The molecule has 0 N–H and O–H groups in total. The summed E-state index contributed by atoms with van der Waals surface area (Å²) in [7, 11) is 0. The molecule has 0 heterocycles. The molecule has 0 fully saturated rings. The maximum absolute atomic E-state index is 12.5. The van der Waals surface area contributed by atoms with Crippen molar-refractivity contribution < 1.29 is 23.9 Å². The second-order valence-corrected chi connectivity index (χ2v) is 6.75. The number of carbonyl (C=O) groups excluding carboxylic acids is 3. The Hall–Kier alpha value is -3.66. The number of nitriles is 1. The Bertz CT molecular complexity index is 904. The molecule has 0 aliphatic heterocycles. The first-order chi connectivity index (χ1) is 15.0. The van der Waals surface area contributed by atoms with Crippen molar-refractivity contribution in [3.63, 3.8) is 0 Å². The summed E-state index contributed by atoms with van der Waals surface area (Å²) in [5.74, 6) is -0.553. The molecule has 1 amide bonds. The fourth-order valence-electron chi connectivity index (χ4n) is 2.78. The molecular formula is C24H26N2O5. The molecule has 162 valence electrons. The third-order valence-electron chi connectivity index (χ3n) is 4.38. The van der Waals surface area contributed by atoms with E-state index in [-0.39, 0.29) is 31.6 Å². The van der Waals surface area contributed by atoms with Crippen LogP contribution in [0.3, 0.4) is 0 Å². The molecule has 0 unspecified atom stereocenters. The number of para-hydroxylation sites is 1. The fraction of sp³-hybridized carbons (Fsp3) is 0.333. The monoisotopic (exact) mass is 422 g/mol. The minimum Gasteiger partial charge on any atom is -0.494 e. The van der Waals surface area contributed by atoms with Crippen molar-refractivity contribution in [2.75, 3.05) is 24.7 Å². The Morgan fingerprint density at radius 3 is 2.35 bits per heavy atom. The van der Waals surface area contributed by atoms with E-state index in [4.69, 9.17) is 14.7 Å². The second kappa shape index (κ2) is 12.8. The lowest BCUT2D eigenvalue weighted by atomic mass is 10.1. The summed E-state index contributed by atoms with van der Waals surface area (Å²) >= 11 is 0. The molecule has 0 saturated carbocycles. The Labute approximate surface area is 182 Å². The minimum atomic E-state index is -0.627. The number of hydrogen-bond donors (Lipinski definition) is 0. The number of nitrogens with zero attached hydrogens (tertiary/aromatic N) is 2. The van der Waals surface area contributed by atoms with Crippen molar-refractivity contribution in [3.8, 4) is 11.8 Å². The maximum atomic E-state index is 12.5. The summed E-state index contributed by atoms with van der Waals surface area (Å²) < 4.78 is 10.5. The molecule has 2 aromatic carbocycles. The van der Waals surface area contributed by atoms with E-state index >= 15 is 0 Å². The summed E-state index contributed by atoms with van der Waals surface area (Å²) in [6.45, 7) is 2.37. The third-order valence-corrected chi connectivity index (χ3v) is 4.38. The topological polar surface area (TPSA) is 96.7 Å². The molecule has 2 aromatic rings. The molecule has 0 aliphatic rings. The van der Waals surface area contributed by atoms with Gasteiger partial charge in [-0.1, -0.05) is 25.1 Å². The number of anilines is 1. The van der Waals surface area contributed by atoms with Gasteiger partial charge in [-0.05, 0) is 42.8 Å². The van der Waals surface area contributed by atoms with Crippen LogP contribution < -0.4 is 9.64 Å². The summed E-state index contributed by atoms with van der Waals surface area (Å²) in [5, 5.41) is 8.82. The van der Waals surface area contributed by atoms with Gasteiger partial charge >= 0.3 is 5.97 Å². The number of hydrogen-bond acceptors (Lipinski definition) is 6. The van der Waals surface area contributed by atoms with E-state index in [9.17, 15) is 14.4 Å². The molecule has 2 rings (SSSR count). The van der Waals surface area contributed by atoms with Gasteiger partial charge in [0.2, 0.25) is 0 Å². The Morgan fingerprint density at radius 2 is 1.71 bits per heavy atom. The van der Waals surface area contributed by atoms with E-state index in [2.05, 4.69) is 0 Å². The van der Waals surface area contributed by atoms with Crippen molar-refractivity contribution in [3.05, 3.63) is 60.2 Å². The van der Waals surface area contributed by atoms with Gasteiger partial charge in [0.1, 0.15) is 5.75 Å². The van der Waals surface area contributed by atoms with Crippen LogP contribution in [0.5, 0.6) is 5.75 Å². The molecule has 0 saturated heterocycles. The fourth-order valence-corrected chi connectivity index (χ4v) is 2.78. The molecule has 0 atom stereocenters. The van der Waals surface area contributed by atoms with Gasteiger partial charge in [-0.25, -0.2) is 0 Å². The van der Waals surface area contributed by atoms with Gasteiger partial charge in [0.15, 0.2) is 12.4 Å². The molecule has 7 heteroatoms. The molecule has 0 aliphatic carbocycles. The summed E-state index contributed by atoms with van der Waals surface area (Å²) in [4.78, 5) is 38.2. The molecular weight excluding hydrogens is 396 g/mol. The normalized spacial score (nSPS) is 10.1. The summed E-state index contributed by atoms with van der Waals surface area (Å²) in [6, 6.07) is 17.6. The summed E-state index contributed by atoms with van der Waals surface area (Å²) in [6.07, 6.45) is 0.917. The molecule has 7 nitrogen and oxygen atoms in total. The largest absolute Gasteiger partial charge is 0.494 e. The first-order valence-corrected chi connectivity index (χ1v) is 10.2. The molecule has 31 heavy (non-hydrogen) atoms. The number of ketones is 1. The van der Waals surface area contributed by atoms with E-state index in [0.717, 1.165) is 6.42 Å². The molecule has 0 bridgehead atoms. The van der Waals surface area contributed by atoms with Crippen LogP contribution in [-0.2, 0) is 14.3 Å². The van der Waals surface area contributed by atoms with Crippen LogP contribution in [0.2, 0.25) is 0 Å². The quantitative estimate of drug-likeness (QED) is 0.380. The van der Waals surface area contributed by atoms with Crippen LogP contribution in [0.25, 0.3) is 0 Å². The third kappa shape index (κ3) is 7.94.